The minimum atomic E-state index is 0. The van der Waals surface area contributed by atoms with Gasteiger partial charge in [0.25, 0.3) is 0 Å². The Morgan fingerprint density at radius 3 is 1.45 bits per heavy atom. The van der Waals surface area contributed by atoms with E-state index in [0.717, 1.165) is 50.9 Å². The summed E-state index contributed by atoms with van der Waals surface area (Å²) in [6, 6.07) is 55.5. The molecule has 2 heterocycles. The molecule has 9 rings (SSSR count). The Kier molecular flexibility index (Phi) is 10.3. The van der Waals surface area contributed by atoms with Gasteiger partial charge in [-0.25, -0.2) is 19.8 Å². The van der Waals surface area contributed by atoms with Crippen molar-refractivity contribution in [1.82, 2.24) is 19.9 Å². The maximum atomic E-state index is 8.24. The van der Waals surface area contributed by atoms with Crippen LogP contribution in [0.1, 0.15) is 45.2 Å². The summed E-state index contributed by atoms with van der Waals surface area (Å²) >= 11 is 0. The number of fused-ring (bicyclic) bond motifs is 1. The summed E-state index contributed by atoms with van der Waals surface area (Å²) in [6.45, 7) is 17.4. The summed E-state index contributed by atoms with van der Waals surface area (Å²) in [6.07, 6.45) is 2.82. The van der Waals surface area contributed by atoms with Crippen LogP contribution in [0.5, 0.6) is 0 Å². The number of pyridine rings is 1. The van der Waals surface area contributed by atoms with E-state index in [4.69, 9.17) is 26.5 Å². The zero-order valence-electron chi connectivity index (χ0n) is 32.8. The molecule has 0 fully saturated rings. The van der Waals surface area contributed by atoms with E-state index in [9.17, 15) is 0 Å². The average molecular weight is 927 g/mol. The monoisotopic (exact) mass is 927 g/mol. The van der Waals surface area contributed by atoms with Gasteiger partial charge in [-0.05, 0) is 74.5 Å². The topological polar surface area (TPSA) is 55.9 Å². The summed E-state index contributed by atoms with van der Waals surface area (Å²) in [5.74, 6) is 1.52. The smallest absolute Gasteiger partial charge is 0.173 e. The molecule has 0 saturated heterocycles. The van der Waals surface area contributed by atoms with Crippen molar-refractivity contribution >= 4 is 5.69 Å². The molecule has 0 spiro atoms. The molecule has 0 unspecified atom stereocenters. The molecular weight excluding hydrogens is 887 g/mol. The summed E-state index contributed by atoms with van der Waals surface area (Å²) < 4.78 is 0. The van der Waals surface area contributed by atoms with Crippen molar-refractivity contribution in [2.45, 2.75) is 44.9 Å². The molecule has 2 aromatic heterocycles. The van der Waals surface area contributed by atoms with Crippen molar-refractivity contribution in [1.29, 1.82) is 0 Å². The molecule has 6 aromatic carbocycles. The number of rotatable bonds is 7. The molecule has 1 aliphatic rings. The predicted molar refractivity (Wildman–Crippen MR) is 231 cm³/mol. The molecule has 0 saturated carbocycles. The third kappa shape index (κ3) is 7.43. The minimum absolute atomic E-state index is 0. The molecule has 1 aliphatic carbocycles. The first-order valence-corrected chi connectivity index (χ1v) is 19.3. The Balaban J connectivity index is 0.00000469. The second-order valence-electron chi connectivity index (χ2n) is 16.1. The van der Waals surface area contributed by atoms with Gasteiger partial charge < -0.3 is 4.98 Å². The number of hydrogen-bond acceptors (Lipinski definition) is 4. The van der Waals surface area contributed by atoms with Crippen LogP contribution in [0.2, 0.25) is 0 Å². The zero-order chi connectivity index (χ0) is 39.1. The number of hydrogen-bond donors (Lipinski definition) is 0. The quantitative estimate of drug-likeness (QED) is 0.149. The van der Waals surface area contributed by atoms with Gasteiger partial charge in [-0.3, -0.25) is 0 Å². The number of benzene rings is 6. The van der Waals surface area contributed by atoms with Gasteiger partial charge in [0.1, 0.15) is 0 Å². The van der Waals surface area contributed by atoms with Crippen LogP contribution in [0.25, 0.3) is 83.6 Å². The Bertz CT molecular complexity index is 2840. The molecule has 0 atom stereocenters. The van der Waals surface area contributed by atoms with Crippen LogP contribution in [-0.2, 0) is 30.9 Å². The molecule has 0 amide bonds. The largest absolute Gasteiger partial charge is 0.316 e. The average Bonchev–Trinajstić information content (AvgIpc) is 3.45. The van der Waals surface area contributed by atoms with Gasteiger partial charge in [0.2, 0.25) is 0 Å². The van der Waals surface area contributed by atoms with Gasteiger partial charge in [0.15, 0.2) is 23.2 Å². The van der Waals surface area contributed by atoms with E-state index in [2.05, 4.69) is 136 Å². The van der Waals surface area contributed by atoms with E-state index in [1.807, 2.05) is 54.6 Å². The van der Waals surface area contributed by atoms with Crippen LogP contribution in [0, 0.1) is 12.6 Å². The summed E-state index contributed by atoms with van der Waals surface area (Å²) in [5, 5.41) is 0. The van der Waals surface area contributed by atoms with Gasteiger partial charge in [-0.15, -0.1) is 34.9 Å². The standard InChI is InChI=1S/C52H40N5.Ir/c1-51(2)33-52(3,4)45-30-40(25-26-44(45)51)47-46(53-5)31-43(32-54-47)50-56-48(41-23-13-20-37(28-41)35-17-10-7-11-18-35)55-49(57-50)42-24-14-22-39(29-42)38-21-12-19-36(27-38)34-15-8-6-9-16-34;/h6-24,26-32H,33H2,1-4H3;/q-1;. The number of aromatic nitrogens is 4. The van der Waals surface area contributed by atoms with Gasteiger partial charge >= 0.3 is 0 Å². The maximum Gasteiger partial charge on any atom is 0.173 e. The Morgan fingerprint density at radius 1 is 0.500 bits per heavy atom. The normalized spacial score (nSPS) is 13.6. The SMILES string of the molecule is [C-]#[N+]c1cc(-c2nc(-c3cccc(-c4ccccc4)c3)nc(-c3cccc(-c4cccc(-c5ccccc5)c4)c3)n2)cnc1-c1[c-]cc2c(c1)C(C)(C)CC2(C)C.[Ir]. The third-order valence-corrected chi connectivity index (χ3v) is 11.1. The van der Waals surface area contributed by atoms with Crippen LogP contribution < -0.4 is 0 Å². The number of nitrogens with zero attached hydrogens (tertiary/aromatic N) is 5. The first-order chi connectivity index (χ1) is 27.6. The fourth-order valence-electron chi connectivity index (χ4n) is 8.49. The predicted octanol–water partition coefficient (Wildman–Crippen LogP) is 13.2. The van der Waals surface area contributed by atoms with E-state index in [1.165, 1.54) is 16.7 Å². The molecule has 5 nitrogen and oxygen atoms in total. The molecule has 0 N–H and O–H groups in total. The van der Waals surface area contributed by atoms with E-state index in [0.29, 0.717) is 34.4 Å². The van der Waals surface area contributed by atoms with Gasteiger partial charge in [-0.2, -0.15) is 0 Å². The van der Waals surface area contributed by atoms with Crippen LogP contribution in [-0.4, -0.2) is 19.9 Å². The fourth-order valence-corrected chi connectivity index (χ4v) is 8.49. The van der Waals surface area contributed by atoms with Crippen LogP contribution >= 0.6 is 0 Å². The second kappa shape index (κ2) is 15.5. The molecule has 1 radical (unpaired) electrons. The van der Waals surface area contributed by atoms with Crippen molar-refractivity contribution in [3.05, 3.63) is 186 Å². The van der Waals surface area contributed by atoms with Crippen molar-refractivity contribution in [2.24, 2.45) is 0 Å². The summed E-state index contributed by atoms with van der Waals surface area (Å²) in [4.78, 5) is 24.1. The van der Waals surface area contributed by atoms with Gasteiger partial charge in [-0.1, -0.05) is 149 Å². The molecule has 283 valence electrons. The van der Waals surface area contributed by atoms with E-state index in [-0.39, 0.29) is 30.9 Å². The molecule has 6 heteroatoms. The molecule has 8 aromatic rings. The van der Waals surface area contributed by atoms with Crippen molar-refractivity contribution < 1.29 is 20.1 Å². The Morgan fingerprint density at radius 2 is 0.931 bits per heavy atom. The fraction of sp³-hybridized carbons (Fsp3) is 0.135. The van der Waals surface area contributed by atoms with E-state index >= 15 is 0 Å². The van der Waals surface area contributed by atoms with Gasteiger partial charge in [0.05, 0.1) is 6.57 Å². The van der Waals surface area contributed by atoms with Crippen molar-refractivity contribution in [3.8, 4) is 78.8 Å². The van der Waals surface area contributed by atoms with E-state index < -0.39 is 0 Å². The van der Waals surface area contributed by atoms with Crippen molar-refractivity contribution in [3.63, 3.8) is 0 Å². The van der Waals surface area contributed by atoms with Crippen LogP contribution in [0.4, 0.5) is 5.69 Å². The first kappa shape index (κ1) is 38.5. The Labute approximate surface area is 354 Å². The first-order valence-electron chi connectivity index (χ1n) is 19.3. The molecular formula is C52H40IrN5-. The minimum Gasteiger partial charge on any atom is -0.316 e. The Hall–Kier alpha value is -6.38. The summed E-state index contributed by atoms with van der Waals surface area (Å²) in [7, 11) is 0. The zero-order valence-corrected chi connectivity index (χ0v) is 35.2. The molecule has 0 aliphatic heterocycles. The van der Waals surface area contributed by atoms with E-state index in [1.54, 1.807) is 6.20 Å². The summed E-state index contributed by atoms with van der Waals surface area (Å²) in [5.41, 5.74) is 13.5. The van der Waals surface area contributed by atoms with Crippen molar-refractivity contribution in [2.75, 3.05) is 0 Å². The second-order valence-corrected chi connectivity index (χ2v) is 16.1. The van der Waals surface area contributed by atoms with Gasteiger partial charge in [0, 0.05) is 43.0 Å². The third-order valence-electron chi connectivity index (χ3n) is 11.1. The van der Waals surface area contributed by atoms with Crippen LogP contribution in [0.3, 0.4) is 0 Å². The maximum absolute atomic E-state index is 8.24. The molecule has 58 heavy (non-hydrogen) atoms. The van der Waals surface area contributed by atoms with Crippen LogP contribution in [0.15, 0.2) is 158 Å². The molecule has 0 bridgehead atoms.